The van der Waals surface area contributed by atoms with Crippen molar-refractivity contribution in [2.75, 3.05) is 6.54 Å². The number of hydrogen-bond donors (Lipinski definition) is 1. The third-order valence-corrected chi connectivity index (χ3v) is 2.98. The molecule has 1 saturated heterocycles. The van der Waals surface area contributed by atoms with E-state index in [2.05, 4.69) is 4.99 Å². The third kappa shape index (κ3) is 1.01. The summed E-state index contributed by atoms with van der Waals surface area (Å²) >= 11 is 0. The molecule has 0 spiro atoms. The molecule has 16 heavy (non-hydrogen) atoms. The van der Waals surface area contributed by atoms with Crippen LogP contribution in [0.1, 0.15) is 6.92 Å². The summed E-state index contributed by atoms with van der Waals surface area (Å²) in [4.78, 5) is 29.5. The van der Waals surface area contributed by atoms with Gasteiger partial charge in [0, 0.05) is 12.6 Å². The van der Waals surface area contributed by atoms with E-state index in [1.165, 1.54) is 4.90 Å². The molecule has 2 amide bonds. The van der Waals surface area contributed by atoms with Gasteiger partial charge in [0.2, 0.25) is 5.91 Å². The first-order valence-electron chi connectivity index (χ1n) is 5.21. The molecule has 0 aromatic carbocycles. The molecule has 3 aliphatic heterocycles. The molecule has 0 aromatic rings. The van der Waals surface area contributed by atoms with Crippen LogP contribution in [0.2, 0.25) is 0 Å². The lowest BCUT2D eigenvalue weighted by atomic mass is 9.94. The van der Waals surface area contributed by atoms with Crippen molar-refractivity contribution in [3.05, 3.63) is 23.4 Å². The Kier molecular flexibility index (Phi) is 1.71. The molecule has 3 aliphatic rings. The first-order valence-corrected chi connectivity index (χ1v) is 5.21. The summed E-state index contributed by atoms with van der Waals surface area (Å²) in [5.41, 5.74) is 7.49. The predicted molar refractivity (Wildman–Crippen MR) is 57.5 cm³/mol. The van der Waals surface area contributed by atoms with Crippen LogP contribution in [0.25, 0.3) is 0 Å². The van der Waals surface area contributed by atoms with Crippen molar-refractivity contribution in [2.24, 2.45) is 16.6 Å². The maximum atomic E-state index is 12.0. The Balaban J connectivity index is 1.99. The number of nitrogens with two attached hydrogens (primary N) is 1. The average Bonchev–Trinajstić information content (AvgIpc) is 2.87. The SMILES string of the molecule is C[C@H](N)CN1C(=O)C2=C3C=CC(=N3)C2C1=O. The molecule has 0 saturated carbocycles. The maximum Gasteiger partial charge on any atom is 0.259 e. The lowest BCUT2D eigenvalue weighted by molar-refractivity contribution is -0.138. The molecule has 0 radical (unpaired) electrons. The highest BCUT2D eigenvalue weighted by atomic mass is 16.2. The van der Waals surface area contributed by atoms with Gasteiger partial charge in [-0.1, -0.05) is 0 Å². The number of fused-ring (bicyclic) bond motifs is 3. The number of carbonyl (C=O) groups is 2. The summed E-state index contributed by atoms with van der Waals surface area (Å²) in [6.07, 6.45) is 3.58. The minimum atomic E-state index is -0.453. The lowest BCUT2D eigenvalue weighted by Gasteiger charge is -2.16. The van der Waals surface area contributed by atoms with Crippen molar-refractivity contribution in [2.45, 2.75) is 13.0 Å². The highest BCUT2D eigenvalue weighted by molar-refractivity contribution is 6.30. The van der Waals surface area contributed by atoms with Crippen LogP contribution < -0.4 is 5.73 Å². The van der Waals surface area contributed by atoms with Crippen LogP contribution in [-0.4, -0.2) is 35.0 Å². The monoisotopic (exact) mass is 217 g/mol. The van der Waals surface area contributed by atoms with E-state index in [-0.39, 0.29) is 24.4 Å². The second-order valence-corrected chi connectivity index (χ2v) is 4.33. The standard InChI is InChI=1S/C11H11N3O2/c1-5(12)4-14-10(15)8-6-2-3-7(13-6)9(8)11(14)16/h2-3,5,8H,4,12H2,1H3/t5-,8?/m0/s1. The molecule has 2 N–H and O–H groups in total. The van der Waals surface area contributed by atoms with Gasteiger partial charge >= 0.3 is 0 Å². The number of likely N-dealkylation sites (tertiary alicyclic amines) is 1. The first-order chi connectivity index (χ1) is 7.59. The van der Waals surface area contributed by atoms with Gasteiger partial charge < -0.3 is 5.73 Å². The van der Waals surface area contributed by atoms with Crippen molar-refractivity contribution in [1.82, 2.24) is 4.90 Å². The summed E-state index contributed by atoms with van der Waals surface area (Å²) in [6.45, 7) is 2.05. The molecule has 0 aromatic heterocycles. The summed E-state index contributed by atoms with van der Waals surface area (Å²) in [6, 6.07) is -0.204. The first kappa shape index (κ1) is 9.47. The van der Waals surface area contributed by atoms with E-state index >= 15 is 0 Å². The number of hydrogen-bond acceptors (Lipinski definition) is 4. The normalized spacial score (nSPS) is 28.0. The second kappa shape index (κ2) is 2.89. The van der Waals surface area contributed by atoms with E-state index in [1.807, 2.05) is 0 Å². The Bertz CT molecular complexity index is 499. The van der Waals surface area contributed by atoms with Gasteiger partial charge in [-0.15, -0.1) is 0 Å². The molecule has 5 heteroatoms. The van der Waals surface area contributed by atoms with E-state index < -0.39 is 5.92 Å². The molecule has 2 atom stereocenters. The van der Waals surface area contributed by atoms with Gasteiger partial charge in [0.05, 0.1) is 17.0 Å². The number of aliphatic imine (C=N–C) groups is 1. The zero-order valence-corrected chi connectivity index (χ0v) is 8.80. The summed E-state index contributed by atoms with van der Waals surface area (Å²) in [5, 5.41) is 0. The van der Waals surface area contributed by atoms with Crippen LogP contribution in [0.4, 0.5) is 0 Å². The quantitative estimate of drug-likeness (QED) is 0.639. The van der Waals surface area contributed by atoms with Gasteiger partial charge in [0.1, 0.15) is 5.92 Å². The van der Waals surface area contributed by atoms with Gasteiger partial charge in [0.25, 0.3) is 5.91 Å². The van der Waals surface area contributed by atoms with Gasteiger partial charge in [-0.2, -0.15) is 0 Å². The van der Waals surface area contributed by atoms with Crippen LogP contribution in [0, 0.1) is 5.92 Å². The molecule has 0 aliphatic carbocycles. The fraction of sp³-hybridized carbons (Fsp3) is 0.364. The molecular weight excluding hydrogens is 206 g/mol. The zero-order chi connectivity index (χ0) is 11.4. The fourth-order valence-corrected chi connectivity index (χ4v) is 2.33. The van der Waals surface area contributed by atoms with E-state index in [0.29, 0.717) is 17.0 Å². The molecule has 1 fully saturated rings. The van der Waals surface area contributed by atoms with Gasteiger partial charge in [-0.3, -0.25) is 19.5 Å². The molecule has 82 valence electrons. The molecule has 5 nitrogen and oxygen atoms in total. The fourth-order valence-electron chi connectivity index (χ4n) is 2.33. The van der Waals surface area contributed by atoms with Crippen LogP contribution in [0.3, 0.4) is 0 Å². The molecule has 3 heterocycles. The second-order valence-electron chi connectivity index (χ2n) is 4.33. The highest BCUT2D eigenvalue weighted by Gasteiger charge is 2.50. The summed E-state index contributed by atoms with van der Waals surface area (Å²) in [7, 11) is 0. The van der Waals surface area contributed by atoms with Crippen LogP contribution in [-0.2, 0) is 9.59 Å². The number of allylic oxidation sites excluding steroid dienone is 2. The van der Waals surface area contributed by atoms with Gasteiger partial charge in [-0.05, 0) is 19.1 Å². The Morgan fingerprint density at radius 2 is 2.25 bits per heavy atom. The molecule has 3 rings (SSSR count). The number of imide groups is 1. The number of amides is 2. The number of nitrogens with zero attached hydrogens (tertiary/aromatic N) is 2. The molecular formula is C11H11N3O2. The Hall–Kier alpha value is -1.75. The minimum absolute atomic E-state index is 0.185. The van der Waals surface area contributed by atoms with Gasteiger partial charge in [0.15, 0.2) is 0 Å². The summed E-state index contributed by atoms with van der Waals surface area (Å²) in [5.74, 6) is -0.868. The van der Waals surface area contributed by atoms with E-state index in [0.717, 1.165) is 0 Å². The average molecular weight is 217 g/mol. The Morgan fingerprint density at radius 3 is 2.88 bits per heavy atom. The topological polar surface area (TPSA) is 75.8 Å². The van der Waals surface area contributed by atoms with Crippen molar-refractivity contribution in [1.29, 1.82) is 0 Å². The number of rotatable bonds is 2. The lowest BCUT2D eigenvalue weighted by Crippen LogP contribution is -2.40. The van der Waals surface area contributed by atoms with E-state index in [4.69, 9.17) is 5.73 Å². The smallest absolute Gasteiger partial charge is 0.259 e. The van der Waals surface area contributed by atoms with Crippen LogP contribution in [0.15, 0.2) is 28.4 Å². The van der Waals surface area contributed by atoms with E-state index in [1.54, 1.807) is 19.1 Å². The van der Waals surface area contributed by atoms with Crippen molar-refractivity contribution >= 4 is 17.5 Å². The van der Waals surface area contributed by atoms with Crippen LogP contribution >= 0.6 is 0 Å². The van der Waals surface area contributed by atoms with Crippen LogP contribution in [0.5, 0.6) is 0 Å². The third-order valence-electron chi connectivity index (χ3n) is 2.98. The highest BCUT2D eigenvalue weighted by Crippen LogP contribution is 2.39. The van der Waals surface area contributed by atoms with Crippen molar-refractivity contribution < 1.29 is 9.59 Å². The maximum absolute atomic E-state index is 12.0. The Labute approximate surface area is 92.3 Å². The minimum Gasteiger partial charge on any atom is -0.326 e. The van der Waals surface area contributed by atoms with Gasteiger partial charge in [-0.25, -0.2) is 0 Å². The molecule has 2 bridgehead atoms. The van der Waals surface area contributed by atoms with E-state index in [9.17, 15) is 9.59 Å². The molecule has 1 unspecified atom stereocenters. The number of carbonyl (C=O) groups excluding carboxylic acids is 2. The summed E-state index contributed by atoms with van der Waals surface area (Å²) < 4.78 is 0. The predicted octanol–water partition coefficient (Wildman–Crippen LogP) is -0.403. The largest absolute Gasteiger partial charge is 0.326 e. The zero-order valence-electron chi connectivity index (χ0n) is 8.80. The van der Waals surface area contributed by atoms with Crippen molar-refractivity contribution in [3.63, 3.8) is 0 Å². The Morgan fingerprint density at radius 1 is 1.50 bits per heavy atom. The van der Waals surface area contributed by atoms with Crippen molar-refractivity contribution in [3.8, 4) is 0 Å².